The Labute approximate surface area is 122 Å². The molecule has 0 aliphatic carbocycles. The van der Waals surface area contributed by atoms with Crippen LogP contribution in [0.5, 0.6) is 0 Å². The summed E-state index contributed by atoms with van der Waals surface area (Å²) in [5.74, 6) is 0.248. The number of rotatable bonds is 5. The van der Waals surface area contributed by atoms with Crippen LogP contribution >= 0.6 is 0 Å². The van der Waals surface area contributed by atoms with E-state index in [9.17, 15) is 4.79 Å². The van der Waals surface area contributed by atoms with E-state index in [1.165, 1.54) is 11.1 Å². The molecular formula is C17H26N2O. The highest BCUT2D eigenvalue weighted by molar-refractivity contribution is 5.86. The summed E-state index contributed by atoms with van der Waals surface area (Å²) in [7, 11) is 1.92. The summed E-state index contributed by atoms with van der Waals surface area (Å²) in [5.41, 5.74) is 2.13. The molecule has 1 heterocycles. The molecule has 0 bridgehead atoms. The van der Waals surface area contributed by atoms with Gasteiger partial charge in [-0.05, 0) is 38.3 Å². The highest BCUT2D eigenvalue weighted by Crippen LogP contribution is 2.27. The Morgan fingerprint density at radius 3 is 2.60 bits per heavy atom. The van der Waals surface area contributed by atoms with Crippen molar-refractivity contribution in [2.45, 2.75) is 51.6 Å². The minimum absolute atomic E-state index is 0.248. The second kappa shape index (κ2) is 6.40. The Morgan fingerprint density at radius 2 is 2.05 bits per heavy atom. The maximum absolute atomic E-state index is 12.8. The minimum Gasteiger partial charge on any atom is -0.340 e. The number of hydrogen-bond donors (Lipinski definition) is 1. The third-order valence-electron chi connectivity index (χ3n) is 4.22. The third-order valence-corrected chi connectivity index (χ3v) is 4.22. The maximum atomic E-state index is 12.8. The van der Waals surface area contributed by atoms with Crippen molar-refractivity contribution in [3.63, 3.8) is 0 Å². The van der Waals surface area contributed by atoms with E-state index in [-0.39, 0.29) is 11.4 Å². The molecule has 1 atom stereocenters. The zero-order valence-electron chi connectivity index (χ0n) is 12.9. The van der Waals surface area contributed by atoms with Gasteiger partial charge in [0.05, 0.1) is 5.54 Å². The first-order chi connectivity index (χ1) is 9.57. The summed E-state index contributed by atoms with van der Waals surface area (Å²) < 4.78 is 0. The fraction of sp³-hybridized carbons (Fsp3) is 0.588. The lowest BCUT2D eigenvalue weighted by Crippen LogP contribution is -2.53. The van der Waals surface area contributed by atoms with E-state index < -0.39 is 0 Å². The van der Waals surface area contributed by atoms with Crippen LogP contribution in [0.3, 0.4) is 0 Å². The van der Waals surface area contributed by atoms with Crippen LogP contribution in [0.1, 0.15) is 43.7 Å². The molecule has 3 heteroatoms. The number of likely N-dealkylation sites (N-methyl/N-ethyl adjacent to an activating group) is 1. The smallest absolute Gasteiger partial charge is 0.242 e. The third kappa shape index (κ3) is 3.21. The quantitative estimate of drug-likeness (QED) is 0.895. The van der Waals surface area contributed by atoms with Gasteiger partial charge < -0.3 is 10.2 Å². The van der Waals surface area contributed by atoms with Gasteiger partial charge in [0, 0.05) is 13.6 Å². The molecular weight excluding hydrogens is 248 g/mol. The van der Waals surface area contributed by atoms with Crippen molar-refractivity contribution in [3.8, 4) is 0 Å². The first-order valence-corrected chi connectivity index (χ1v) is 7.63. The standard InChI is InChI=1S/C17H26N2O/c1-4-10-17(11-5-12-18-17)16(20)19(3)13-15-8-6-14(2)7-9-15/h6-9,18H,4-5,10-13H2,1-3H3. The largest absolute Gasteiger partial charge is 0.340 e. The van der Waals surface area contributed by atoms with E-state index in [0.29, 0.717) is 6.54 Å². The van der Waals surface area contributed by atoms with Crippen LogP contribution in [-0.4, -0.2) is 29.9 Å². The van der Waals surface area contributed by atoms with E-state index in [2.05, 4.69) is 43.4 Å². The summed E-state index contributed by atoms with van der Waals surface area (Å²) in [6.07, 6.45) is 4.04. The van der Waals surface area contributed by atoms with Crippen molar-refractivity contribution < 1.29 is 4.79 Å². The monoisotopic (exact) mass is 274 g/mol. The van der Waals surface area contributed by atoms with Gasteiger partial charge in [0.2, 0.25) is 5.91 Å². The average Bonchev–Trinajstić information content (AvgIpc) is 2.90. The summed E-state index contributed by atoms with van der Waals surface area (Å²) in [6.45, 7) is 5.88. The number of carbonyl (C=O) groups is 1. The Hall–Kier alpha value is -1.35. The van der Waals surface area contributed by atoms with Crippen molar-refractivity contribution in [2.75, 3.05) is 13.6 Å². The van der Waals surface area contributed by atoms with E-state index in [4.69, 9.17) is 0 Å². The molecule has 3 nitrogen and oxygen atoms in total. The molecule has 1 saturated heterocycles. The molecule has 1 fully saturated rings. The summed E-state index contributed by atoms with van der Waals surface area (Å²) >= 11 is 0. The van der Waals surface area contributed by atoms with Gasteiger partial charge in [-0.25, -0.2) is 0 Å². The van der Waals surface area contributed by atoms with Crippen LogP contribution in [0.15, 0.2) is 24.3 Å². The van der Waals surface area contributed by atoms with Crippen molar-refractivity contribution in [2.24, 2.45) is 0 Å². The fourth-order valence-electron chi connectivity index (χ4n) is 3.14. The second-order valence-electron chi connectivity index (χ2n) is 6.01. The molecule has 0 aromatic heterocycles. The second-order valence-corrected chi connectivity index (χ2v) is 6.01. The molecule has 110 valence electrons. The van der Waals surface area contributed by atoms with Gasteiger partial charge in [-0.15, -0.1) is 0 Å². The zero-order chi connectivity index (χ0) is 14.6. The Kier molecular flexibility index (Phi) is 4.81. The van der Waals surface area contributed by atoms with Crippen LogP contribution < -0.4 is 5.32 Å². The first kappa shape index (κ1) is 15.0. The lowest BCUT2D eigenvalue weighted by Gasteiger charge is -2.32. The highest BCUT2D eigenvalue weighted by Gasteiger charge is 2.41. The molecule has 1 aliphatic rings. The number of nitrogens with one attached hydrogen (secondary N) is 1. The number of nitrogens with zero attached hydrogens (tertiary/aromatic N) is 1. The number of carbonyl (C=O) groups excluding carboxylic acids is 1. The van der Waals surface area contributed by atoms with Gasteiger partial charge in [0.25, 0.3) is 0 Å². The lowest BCUT2D eigenvalue weighted by molar-refractivity contribution is -0.137. The molecule has 0 saturated carbocycles. The summed E-state index contributed by atoms with van der Waals surface area (Å²) in [6, 6.07) is 8.41. The van der Waals surface area contributed by atoms with Crippen molar-refractivity contribution in [3.05, 3.63) is 35.4 Å². The van der Waals surface area contributed by atoms with E-state index >= 15 is 0 Å². The van der Waals surface area contributed by atoms with E-state index in [1.807, 2.05) is 11.9 Å². The van der Waals surface area contributed by atoms with Gasteiger partial charge in [-0.2, -0.15) is 0 Å². The Morgan fingerprint density at radius 1 is 1.35 bits per heavy atom. The maximum Gasteiger partial charge on any atom is 0.242 e. The van der Waals surface area contributed by atoms with Crippen molar-refractivity contribution >= 4 is 5.91 Å². The van der Waals surface area contributed by atoms with Gasteiger partial charge >= 0.3 is 0 Å². The SMILES string of the molecule is CCCC1(C(=O)N(C)Cc2ccc(C)cc2)CCCN1. The minimum atomic E-state index is -0.311. The molecule has 1 N–H and O–H groups in total. The molecule has 0 radical (unpaired) electrons. The fourth-order valence-corrected chi connectivity index (χ4v) is 3.14. The number of aryl methyl sites for hydroxylation is 1. The van der Waals surface area contributed by atoms with Crippen LogP contribution in [0.25, 0.3) is 0 Å². The van der Waals surface area contributed by atoms with Crippen LogP contribution in [-0.2, 0) is 11.3 Å². The highest BCUT2D eigenvalue weighted by atomic mass is 16.2. The number of benzene rings is 1. The summed E-state index contributed by atoms with van der Waals surface area (Å²) in [4.78, 5) is 14.7. The summed E-state index contributed by atoms with van der Waals surface area (Å²) in [5, 5.41) is 3.46. The van der Waals surface area contributed by atoms with Crippen LogP contribution in [0, 0.1) is 6.92 Å². The average molecular weight is 274 g/mol. The van der Waals surface area contributed by atoms with E-state index in [1.54, 1.807) is 0 Å². The van der Waals surface area contributed by atoms with Gasteiger partial charge in [0.1, 0.15) is 0 Å². The molecule has 1 aliphatic heterocycles. The molecule has 1 unspecified atom stereocenters. The van der Waals surface area contributed by atoms with Crippen LogP contribution in [0.2, 0.25) is 0 Å². The molecule has 0 spiro atoms. The van der Waals surface area contributed by atoms with Gasteiger partial charge in [0.15, 0.2) is 0 Å². The predicted molar refractivity (Wildman–Crippen MR) is 82.5 cm³/mol. The van der Waals surface area contributed by atoms with Crippen molar-refractivity contribution in [1.29, 1.82) is 0 Å². The molecule has 1 amide bonds. The normalized spacial score (nSPS) is 21.9. The van der Waals surface area contributed by atoms with Gasteiger partial charge in [-0.3, -0.25) is 4.79 Å². The van der Waals surface area contributed by atoms with E-state index in [0.717, 1.165) is 32.2 Å². The first-order valence-electron chi connectivity index (χ1n) is 7.63. The molecule has 2 rings (SSSR count). The molecule has 1 aromatic rings. The zero-order valence-corrected chi connectivity index (χ0v) is 12.9. The predicted octanol–water partition coefficient (Wildman–Crippen LogP) is 2.88. The molecule has 20 heavy (non-hydrogen) atoms. The Bertz CT molecular complexity index is 447. The Balaban J connectivity index is 2.05. The van der Waals surface area contributed by atoms with Gasteiger partial charge in [-0.1, -0.05) is 43.2 Å². The topological polar surface area (TPSA) is 32.3 Å². The number of amides is 1. The lowest BCUT2D eigenvalue weighted by atomic mass is 9.90. The van der Waals surface area contributed by atoms with Crippen molar-refractivity contribution in [1.82, 2.24) is 10.2 Å². The number of hydrogen-bond acceptors (Lipinski definition) is 2. The van der Waals surface area contributed by atoms with Crippen LogP contribution in [0.4, 0.5) is 0 Å². The molecule has 1 aromatic carbocycles.